The Balaban J connectivity index is 1.17. The molecule has 5 nitrogen and oxygen atoms in total. The van der Waals surface area contributed by atoms with E-state index in [1.807, 2.05) is 18.2 Å². The molecule has 36 heavy (non-hydrogen) atoms. The molecular weight excluding hydrogens is 462 g/mol. The van der Waals surface area contributed by atoms with E-state index >= 15 is 0 Å². The summed E-state index contributed by atoms with van der Waals surface area (Å²) in [5, 5.41) is 12.5. The van der Waals surface area contributed by atoms with Crippen molar-refractivity contribution in [1.82, 2.24) is 10.3 Å². The molecule has 3 N–H and O–H groups in total. The average Bonchev–Trinajstić information content (AvgIpc) is 2.90. The molecule has 1 aliphatic rings. The van der Waals surface area contributed by atoms with E-state index in [1.165, 1.54) is 16.6 Å². The summed E-state index contributed by atoms with van der Waals surface area (Å²) in [7, 11) is 4.16. The van der Waals surface area contributed by atoms with E-state index in [0.717, 1.165) is 48.3 Å². The fraction of sp³-hybridized carbons (Fsp3) is 0.267. The molecule has 1 aromatic heterocycles. The van der Waals surface area contributed by atoms with Crippen LogP contribution in [0.25, 0.3) is 22.0 Å². The Morgan fingerprint density at radius 2 is 1.50 bits per heavy atom. The molecule has 0 amide bonds. The van der Waals surface area contributed by atoms with Gasteiger partial charge in [0.2, 0.25) is 0 Å². The first-order valence-corrected chi connectivity index (χ1v) is 13.0. The first-order chi connectivity index (χ1) is 17.6. The van der Waals surface area contributed by atoms with Crippen molar-refractivity contribution in [2.24, 2.45) is 0 Å². The molecule has 1 heterocycles. The fourth-order valence-electron chi connectivity index (χ4n) is 5.00. The minimum atomic E-state index is 0.369. The van der Waals surface area contributed by atoms with Crippen molar-refractivity contribution in [3.05, 3.63) is 84.9 Å². The van der Waals surface area contributed by atoms with E-state index in [-0.39, 0.29) is 0 Å². The van der Waals surface area contributed by atoms with Crippen molar-refractivity contribution in [1.29, 1.82) is 0 Å². The molecule has 0 unspecified atom stereocenters. The molecule has 4 aromatic rings. The molecule has 0 saturated heterocycles. The van der Waals surface area contributed by atoms with Gasteiger partial charge in [-0.15, -0.1) is 0 Å². The van der Waals surface area contributed by atoms with Crippen LogP contribution in [0.3, 0.4) is 0 Å². The Bertz CT molecular complexity index is 1330. The number of hydrogen-bond acceptors (Lipinski definition) is 4. The van der Waals surface area contributed by atoms with Crippen LogP contribution in [0.2, 0.25) is 0 Å². The predicted molar refractivity (Wildman–Crippen MR) is 157 cm³/mol. The van der Waals surface area contributed by atoms with Gasteiger partial charge in [-0.25, -0.2) is 4.98 Å². The molecule has 1 saturated carbocycles. The lowest BCUT2D eigenvalue weighted by Crippen LogP contribution is -2.42. The summed E-state index contributed by atoms with van der Waals surface area (Å²) in [5.41, 5.74) is 5.56. The molecule has 1 aliphatic carbocycles. The number of rotatable bonds is 6. The molecule has 3 aromatic carbocycles. The third-order valence-corrected chi connectivity index (χ3v) is 7.07. The monoisotopic (exact) mass is 495 g/mol. The standard InChI is InChI=1S/C30H33N5S/c1-35(2)28-20-29(33-27-15-9-7-13-25(27)28)31-22-16-18-23(19-17-22)32-30(36)34-26-14-8-6-12-24(26)21-10-4-3-5-11-21/h3-15,20,22-23H,16-19H2,1-2H3,(H,31,33)(H2,32,34,36)/t22-,23+. The quantitative estimate of drug-likeness (QED) is 0.260. The van der Waals surface area contributed by atoms with Gasteiger partial charge in [0.15, 0.2) is 5.11 Å². The second-order valence-corrected chi connectivity index (χ2v) is 10.0. The summed E-state index contributed by atoms with van der Waals surface area (Å²) in [6.07, 6.45) is 4.28. The largest absolute Gasteiger partial charge is 0.377 e. The molecule has 0 bridgehead atoms. The molecule has 0 aliphatic heterocycles. The van der Waals surface area contributed by atoms with Crippen LogP contribution in [0.4, 0.5) is 17.2 Å². The number of aromatic nitrogens is 1. The number of anilines is 3. The number of fused-ring (bicyclic) bond motifs is 1. The Morgan fingerprint density at radius 1 is 0.833 bits per heavy atom. The summed E-state index contributed by atoms with van der Waals surface area (Å²) in [5.74, 6) is 0.948. The highest BCUT2D eigenvalue weighted by Gasteiger charge is 2.22. The first kappa shape index (κ1) is 24.1. The minimum Gasteiger partial charge on any atom is -0.377 e. The maximum atomic E-state index is 5.69. The van der Waals surface area contributed by atoms with E-state index in [2.05, 4.69) is 102 Å². The minimum absolute atomic E-state index is 0.369. The van der Waals surface area contributed by atoms with Crippen LogP contribution < -0.4 is 20.9 Å². The summed E-state index contributed by atoms with van der Waals surface area (Å²) in [6.45, 7) is 0. The Kier molecular flexibility index (Phi) is 7.33. The normalized spacial score (nSPS) is 17.4. The highest BCUT2D eigenvalue weighted by atomic mass is 32.1. The number of para-hydroxylation sites is 2. The van der Waals surface area contributed by atoms with Crippen molar-refractivity contribution in [3.8, 4) is 11.1 Å². The van der Waals surface area contributed by atoms with Gasteiger partial charge in [-0.3, -0.25) is 0 Å². The van der Waals surface area contributed by atoms with Gasteiger partial charge in [0.1, 0.15) is 5.82 Å². The molecule has 1 fully saturated rings. The highest BCUT2D eigenvalue weighted by molar-refractivity contribution is 7.80. The van der Waals surface area contributed by atoms with Crippen molar-refractivity contribution in [2.45, 2.75) is 37.8 Å². The molecule has 6 heteroatoms. The summed E-state index contributed by atoms with van der Waals surface area (Å²) < 4.78 is 0. The third kappa shape index (κ3) is 5.60. The number of hydrogen-bond donors (Lipinski definition) is 3. The lowest BCUT2D eigenvalue weighted by atomic mass is 9.91. The zero-order chi connectivity index (χ0) is 24.9. The second kappa shape index (κ2) is 11.0. The number of nitrogens with one attached hydrogen (secondary N) is 3. The van der Waals surface area contributed by atoms with Crippen LogP contribution in [0.15, 0.2) is 84.9 Å². The zero-order valence-electron chi connectivity index (χ0n) is 20.9. The number of thiocarbonyl (C=S) groups is 1. The topological polar surface area (TPSA) is 52.2 Å². The fourth-order valence-corrected chi connectivity index (χ4v) is 5.27. The molecule has 0 radical (unpaired) electrons. The number of benzene rings is 3. The molecule has 5 rings (SSSR count). The van der Waals surface area contributed by atoms with Gasteiger partial charge < -0.3 is 20.9 Å². The van der Waals surface area contributed by atoms with Gasteiger partial charge in [-0.2, -0.15) is 0 Å². The molecule has 184 valence electrons. The predicted octanol–water partition coefficient (Wildman–Crippen LogP) is 6.68. The van der Waals surface area contributed by atoms with Crippen LogP contribution in [0, 0.1) is 0 Å². The maximum absolute atomic E-state index is 5.69. The SMILES string of the molecule is CN(C)c1cc(N[C@H]2CC[C@@H](NC(=S)Nc3ccccc3-c3ccccc3)CC2)nc2ccccc12. The van der Waals surface area contributed by atoms with Crippen LogP contribution >= 0.6 is 12.2 Å². The first-order valence-electron chi connectivity index (χ1n) is 12.6. The molecular formula is C30H33N5S. The van der Waals surface area contributed by atoms with Gasteiger partial charge in [0.05, 0.1) is 5.52 Å². The van der Waals surface area contributed by atoms with Gasteiger partial charge >= 0.3 is 0 Å². The molecule has 0 spiro atoms. The van der Waals surface area contributed by atoms with Crippen LogP contribution in [-0.2, 0) is 0 Å². The third-order valence-electron chi connectivity index (χ3n) is 6.85. The molecule has 0 atom stereocenters. The Morgan fingerprint density at radius 3 is 2.28 bits per heavy atom. The van der Waals surface area contributed by atoms with E-state index < -0.39 is 0 Å². The second-order valence-electron chi connectivity index (χ2n) is 9.64. The van der Waals surface area contributed by atoms with Gasteiger partial charge in [0, 0.05) is 54.6 Å². The van der Waals surface area contributed by atoms with Crippen LogP contribution in [0.5, 0.6) is 0 Å². The highest BCUT2D eigenvalue weighted by Crippen LogP contribution is 2.30. The summed E-state index contributed by atoms with van der Waals surface area (Å²) in [4.78, 5) is 7.03. The van der Waals surface area contributed by atoms with Crippen LogP contribution in [-0.4, -0.2) is 36.3 Å². The van der Waals surface area contributed by atoms with Crippen LogP contribution in [0.1, 0.15) is 25.7 Å². The average molecular weight is 496 g/mol. The maximum Gasteiger partial charge on any atom is 0.171 e. The van der Waals surface area contributed by atoms with E-state index in [1.54, 1.807) is 0 Å². The lowest BCUT2D eigenvalue weighted by molar-refractivity contribution is 0.388. The Labute approximate surface area is 218 Å². The number of pyridine rings is 1. The summed E-state index contributed by atoms with van der Waals surface area (Å²) in [6, 6.07) is 30.0. The van der Waals surface area contributed by atoms with Crippen molar-refractivity contribution in [2.75, 3.05) is 29.6 Å². The van der Waals surface area contributed by atoms with Gasteiger partial charge in [-0.05, 0) is 55.6 Å². The van der Waals surface area contributed by atoms with E-state index in [9.17, 15) is 0 Å². The van der Waals surface area contributed by atoms with Crippen molar-refractivity contribution in [3.63, 3.8) is 0 Å². The smallest absolute Gasteiger partial charge is 0.171 e. The van der Waals surface area contributed by atoms with Gasteiger partial charge in [0.25, 0.3) is 0 Å². The van der Waals surface area contributed by atoms with Gasteiger partial charge in [-0.1, -0.05) is 66.7 Å². The number of nitrogens with zero attached hydrogens (tertiary/aromatic N) is 2. The van der Waals surface area contributed by atoms with Crippen molar-refractivity contribution < 1.29 is 0 Å². The van der Waals surface area contributed by atoms with E-state index in [0.29, 0.717) is 17.2 Å². The summed E-state index contributed by atoms with van der Waals surface area (Å²) >= 11 is 5.69. The van der Waals surface area contributed by atoms with Crippen molar-refractivity contribution >= 4 is 45.4 Å². The lowest BCUT2D eigenvalue weighted by Gasteiger charge is -2.31. The Hall–Kier alpha value is -3.64. The zero-order valence-corrected chi connectivity index (χ0v) is 21.7. The van der Waals surface area contributed by atoms with E-state index in [4.69, 9.17) is 17.2 Å².